The minimum absolute atomic E-state index is 0.0372. The van der Waals surface area contributed by atoms with Gasteiger partial charge in [-0.05, 0) is 52.7 Å². The van der Waals surface area contributed by atoms with E-state index in [0.29, 0.717) is 18.2 Å². The summed E-state index contributed by atoms with van der Waals surface area (Å²) in [7, 11) is 4.19. The molecule has 0 radical (unpaired) electrons. The second-order valence-corrected chi connectivity index (χ2v) is 8.12. The number of carbonyl (C=O) groups is 1. The maximum Gasteiger partial charge on any atom is 0.292 e. The first kappa shape index (κ1) is 18.2. The number of aryl methyl sites for hydroxylation is 1. The average molecular weight is 371 g/mol. The molecular formula is C20H29N5O2. The summed E-state index contributed by atoms with van der Waals surface area (Å²) in [5.74, 6) is 2.22. The molecule has 4 rings (SSSR count). The van der Waals surface area contributed by atoms with E-state index in [2.05, 4.69) is 39.9 Å². The lowest BCUT2D eigenvalue weighted by molar-refractivity contribution is 0.0661. The van der Waals surface area contributed by atoms with E-state index in [1.807, 2.05) is 17.2 Å². The molecule has 27 heavy (non-hydrogen) atoms. The van der Waals surface area contributed by atoms with Gasteiger partial charge in [-0.3, -0.25) is 4.79 Å². The van der Waals surface area contributed by atoms with Crippen LogP contribution in [0.1, 0.15) is 66.0 Å². The molecule has 2 aromatic heterocycles. The van der Waals surface area contributed by atoms with Crippen molar-refractivity contribution >= 4 is 5.91 Å². The first-order valence-electron chi connectivity index (χ1n) is 10.0. The molecule has 1 aliphatic carbocycles. The summed E-state index contributed by atoms with van der Waals surface area (Å²) in [6.45, 7) is 3.49. The van der Waals surface area contributed by atoms with Crippen LogP contribution in [0.2, 0.25) is 0 Å². The second kappa shape index (κ2) is 7.84. The van der Waals surface area contributed by atoms with Crippen molar-refractivity contribution in [1.82, 2.24) is 24.5 Å². The number of imidazole rings is 1. The number of nitrogens with zero attached hydrogens (tertiary/aromatic N) is 5. The maximum atomic E-state index is 12.9. The highest BCUT2D eigenvalue weighted by Crippen LogP contribution is 2.39. The number of hydrogen-bond donors (Lipinski definition) is 0. The van der Waals surface area contributed by atoms with Crippen LogP contribution in [0.25, 0.3) is 0 Å². The van der Waals surface area contributed by atoms with E-state index >= 15 is 0 Å². The first-order chi connectivity index (χ1) is 13.1. The Morgan fingerprint density at radius 3 is 2.93 bits per heavy atom. The van der Waals surface area contributed by atoms with Gasteiger partial charge in [0, 0.05) is 49.9 Å². The fourth-order valence-corrected chi connectivity index (χ4v) is 3.92. The highest BCUT2D eigenvalue weighted by atomic mass is 16.5. The summed E-state index contributed by atoms with van der Waals surface area (Å²) < 4.78 is 7.59. The normalized spacial score (nSPS) is 20.4. The van der Waals surface area contributed by atoms with Crippen LogP contribution in [0, 0.1) is 0 Å². The Balaban J connectivity index is 1.40. The standard InChI is InChI=1S/C20H29N5O2/c1-23(2)9-4-11-24-12-8-21-19(24)16-5-3-10-25(14-16)20(26)18-13-17(22-27-18)15-6-7-15/h8,12-13,15-16H,3-7,9-11,14H2,1-2H3/t16-/m0/s1. The van der Waals surface area contributed by atoms with E-state index in [-0.39, 0.29) is 11.8 Å². The number of aromatic nitrogens is 3. The van der Waals surface area contributed by atoms with Gasteiger partial charge in [-0.2, -0.15) is 0 Å². The number of amides is 1. The molecule has 7 nitrogen and oxygen atoms in total. The first-order valence-corrected chi connectivity index (χ1v) is 10.0. The summed E-state index contributed by atoms with van der Waals surface area (Å²) in [5, 5.41) is 4.08. The molecule has 1 saturated carbocycles. The van der Waals surface area contributed by atoms with E-state index in [1.165, 1.54) is 0 Å². The van der Waals surface area contributed by atoms with Crippen molar-refractivity contribution in [2.75, 3.05) is 33.7 Å². The maximum absolute atomic E-state index is 12.9. The van der Waals surface area contributed by atoms with Gasteiger partial charge in [-0.1, -0.05) is 5.16 Å². The number of rotatable bonds is 7. The van der Waals surface area contributed by atoms with Crippen molar-refractivity contribution in [1.29, 1.82) is 0 Å². The Morgan fingerprint density at radius 1 is 1.30 bits per heavy atom. The molecule has 0 N–H and O–H groups in total. The van der Waals surface area contributed by atoms with Crippen molar-refractivity contribution in [3.8, 4) is 0 Å². The van der Waals surface area contributed by atoms with E-state index in [4.69, 9.17) is 4.52 Å². The van der Waals surface area contributed by atoms with Crippen LogP contribution in [-0.2, 0) is 6.54 Å². The molecule has 7 heteroatoms. The van der Waals surface area contributed by atoms with Gasteiger partial charge in [0.1, 0.15) is 5.82 Å². The molecule has 3 heterocycles. The Labute approximate surface area is 160 Å². The number of carbonyl (C=O) groups excluding carboxylic acids is 1. The smallest absolute Gasteiger partial charge is 0.292 e. The Kier molecular flexibility index (Phi) is 5.29. The molecule has 1 amide bonds. The summed E-state index contributed by atoms with van der Waals surface area (Å²) in [6.07, 6.45) is 9.40. The fraction of sp³-hybridized carbons (Fsp3) is 0.650. The van der Waals surface area contributed by atoms with Gasteiger partial charge in [0.25, 0.3) is 5.91 Å². The zero-order chi connectivity index (χ0) is 18.8. The predicted molar refractivity (Wildman–Crippen MR) is 102 cm³/mol. The van der Waals surface area contributed by atoms with Gasteiger partial charge >= 0.3 is 0 Å². The molecule has 0 spiro atoms. The lowest BCUT2D eigenvalue weighted by Crippen LogP contribution is -2.39. The second-order valence-electron chi connectivity index (χ2n) is 8.12. The van der Waals surface area contributed by atoms with Gasteiger partial charge < -0.3 is 18.9 Å². The molecule has 2 aliphatic rings. The highest BCUT2D eigenvalue weighted by molar-refractivity contribution is 5.91. The van der Waals surface area contributed by atoms with Gasteiger partial charge in [-0.25, -0.2) is 4.98 Å². The van der Waals surface area contributed by atoms with Gasteiger partial charge in [0.2, 0.25) is 5.76 Å². The zero-order valence-corrected chi connectivity index (χ0v) is 16.3. The molecule has 146 valence electrons. The minimum Gasteiger partial charge on any atom is -0.351 e. The third-order valence-corrected chi connectivity index (χ3v) is 5.56. The van der Waals surface area contributed by atoms with Crippen molar-refractivity contribution in [3.63, 3.8) is 0 Å². The molecule has 2 fully saturated rings. The lowest BCUT2D eigenvalue weighted by Gasteiger charge is -2.32. The van der Waals surface area contributed by atoms with Crippen LogP contribution in [0.3, 0.4) is 0 Å². The van der Waals surface area contributed by atoms with Crippen LogP contribution >= 0.6 is 0 Å². The third-order valence-electron chi connectivity index (χ3n) is 5.56. The quantitative estimate of drug-likeness (QED) is 0.749. The van der Waals surface area contributed by atoms with Crippen LogP contribution in [-0.4, -0.2) is 64.1 Å². The number of likely N-dealkylation sites (tertiary alicyclic amines) is 1. The van der Waals surface area contributed by atoms with Crippen LogP contribution in [0.4, 0.5) is 0 Å². The van der Waals surface area contributed by atoms with Crippen LogP contribution in [0.5, 0.6) is 0 Å². The molecule has 2 aromatic rings. The Bertz CT molecular complexity index is 777. The summed E-state index contributed by atoms with van der Waals surface area (Å²) in [6, 6.07) is 1.84. The van der Waals surface area contributed by atoms with Gasteiger partial charge in [0.05, 0.1) is 5.69 Å². The van der Waals surface area contributed by atoms with Crippen LogP contribution in [0.15, 0.2) is 23.0 Å². The monoisotopic (exact) mass is 371 g/mol. The molecule has 1 aliphatic heterocycles. The Hall–Kier alpha value is -2.15. The average Bonchev–Trinajstić information content (AvgIpc) is 3.21. The number of piperidine rings is 1. The summed E-state index contributed by atoms with van der Waals surface area (Å²) in [5.41, 5.74) is 0.934. The Morgan fingerprint density at radius 2 is 2.15 bits per heavy atom. The van der Waals surface area contributed by atoms with Crippen molar-refractivity contribution in [2.45, 2.75) is 50.5 Å². The lowest BCUT2D eigenvalue weighted by atomic mass is 9.96. The molecule has 0 aromatic carbocycles. The minimum atomic E-state index is -0.0372. The van der Waals surface area contributed by atoms with E-state index in [9.17, 15) is 4.79 Å². The summed E-state index contributed by atoms with van der Waals surface area (Å²) in [4.78, 5) is 21.6. The van der Waals surface area contributed by atoms with E-state index in [0.717, 1.165) is 63.3 Å². The largest absolute Gasteiger partial charge is 0.351 e. The number of hydrogen-bond acceptors (Lipinski definition) is 5. The van der Waals surface area contributed by atoms with Gasteiger partial charge in [0.15, 0.2) is 0 Å². The topological polar surface area (TPSA) is 67.4 Å². The predicted octanol–water partition coefficient (Wildman–Crippen LogP) is 2.72. The van der Waals surface area contributed by atoms with Gasteiger partial charge in [-0.15, -0.1) is 0 Å². The third kappa shape index (κ3) is 4.24. The molecule has 0 unspecified atom stereocenters. The van der Waals surface area contributed by atoms with Crippen molar-refractivity contribution < 1.29 is 9.32 Å². The van der Waals surface area contributed by atoms with Crippen molar-refractivity contribution in [3.05, 3.63) is 35.7 Å². The molecule has 1 saturated heterocycles. The zero-order valence-electron chi connectivity index (χ0n) is 16.3. The van der Waals surface area contributed by atoms with Crippen molar-refractivity contribution in [2.24, 2.45) is 0 Å². The molecule has 1 atom stereocenters. The van der Waals surface area contributed by atoms with E-state index in [1.54, 1.807) is 0 Å². The molecule has 0 bridgehead atoms. The SMILES string of the molecule is CN(C)CCCn1ccnc1[C@H]1CCCN(C(=O)c2cc(C3CC3)no2)C1. The summed E-state index contributed by atoms with van der Waals surface area (Å²) >= 11 is 0. The fourth-order valence-electron chi connectivity index (χ4n) is 3.92. The molecular weight excluding hydrogens is 342 g/mol. The highest BCUT2D eigenvalue weighted by Gasteiger charge is 2.32. The van der Waals surface area contributed by atoms with E-state index < -0.39 is 0 Å². The van der Waals surface area contributed by atoms with Crippen LogP contribution < -0.4 is 0 Å².